The van der Waals surface area contributed by atoms with E-state index >= 15 is 0 Å². The highest BCUT2D eigenvalue weighted by molar-refractivity contribution is 6.31. The Balaban J connectivity index is 1.77. The SMILES string of the molecule is CCCOc1ccc(C(=O)/C(=C\c2cccc([N+](=O)[O-])c2)c2nc3ccccc3o2)cc1. The normalized spacial score (nSPS) is 11.5. The molecule has 0 aliphatic carbocycles. The number of benzene rings is 3. The first kappa shape index (κ1) is 21.0. The topological polar surface area (TPSA) is 95.5 Å². The monoisotopic (exact) mass is 428 g/mol. The van der Waals surface area contributed by atoms with Gasteiger partial charge in [0, 0.05) is 17.7 Å². The van der Waals surface area contributed by atoms with Crippen LogP contribution in [0.3, 0.4) is 0 Å². The maximum absolute atomic E-state index is 13.4. The van der Waals surface area contributed by atoms with Crippen LogP contribution in [0.1, 0.15) is 35.2 Å². The minimum absolute atomic E-state index is 0.0689. The highest BCUT2D eigenvalue weighted by atomic mass is 16.6. The number of rotatable bonds is 8. The molecule has 0 saturated carbocycles. The summed E-state index contributed by atoms with van der Waals surface area (Å²) in [5, 5.41) is 11.2. The molecule has 1 heterocycles. The number of ketones is 1. The molecule has 4 aromatic rings. The Bertz CT molecular complexity index is 1270. The summed E-state index contributed by atoms with van der Waals surface area (Å²) >= 11 is 0. The molecule has 0 fully saturated rings. The van der Waals surface area contributed by atoms with E-state index in [2.05, 4.69) is 4.98 Å². The van der Waals surface area contributed by atoms with E-state index in [1.807, 2.05) is 19.1 Å². The van der Waals surface area contributed by atoms with Crippen LogP contribution in [0.4, 0.5) is 5.69 Å². The van der Waals surface area contributed by atoms with Crippen molar-refractivity contribution < 1.29 is 18.9 Å². The fourth-order valence-corrected chi connectivity index (χ4v) is 3.18. The van der Waals surface area contributed by atoms with E-state index in [9.17, 15) is 14.9 Å². The van der Waals surface area contributed by atoms with Gasteiger partial charge in [0.25, 0.3) is 5.69 Å². The summed E-state index contributed by atoms with van der Waals surface area (Å²) in [6, 6.07) is 20.1. The number of hydrogen-bond donors (Lipinski definition) is 0. The minimum Gasteiger partial charge on any atom is -0.494 e. The number of ether oxygens (including phenoxy) is 1. The van der Waals surface area contributed by atoms with Crippen LogP contribution < -0.4 is 4.74 Å². The fraction of sp³-hybridized carbons (Fsp3) is 0.120. The second kappa shape index (κ2) is 9.26. The van der Waals surface area contributed by atoms with Crippen LogP contribution in [0.2, 0.25) is 0 Å². The summed E-state index contributed by atoms with van der Waals surface area (Å²) in [6.45, 7) is 2.61. The number of allylic oxidation sites excluding steroid dienone is 1. The Morgan fingerprint density at radius 1 is 1.09 bits per heavy atom. The highest BCUT2D eigenvalue weighted by Crippen LogP contribution is 2.27. The second-order valence-electron chi connectivity index (χ2n) is 7.10. The predicted molar refractivity (Wildman–Crippen MR) is 122 cm³/mol. The van der Waals surface area contributed by atoms with Crippen LogP contribution >= 0.6 is 0 Å². The molecular formula is C25H20N2O5. The molecule has 0 amide bonds. The molecule has 0 atom stereocenters. The van der Waals surface area contributed by atoms with Gasteiger partial charge in [0.15, 0.2) is 11.4 Å². The van der Waals surface area contributed by atoms with Crippen LogP contribution in [0, 0.1) is 10.1 Å². The first-order valence-corrected chi connectivity index (χ1v) is 10.1. The van der Waals surface area contributed by atoms with Crippen molar-refractivity contribution in [3.05, 3.63) is 99.9 Å². The van der Waals surface area contributed by atoms with Crippen molar-refractivity contribution in [2.24, 2.45) is 0 Å². The molecule has 0 saturated heterocycles. The van der Waals surface area contributed by atoms with E-state index in [-0.39, 0.29) is 22.9 Å². The second-order valence-corrected chi connectivity index (χ2v) is 7.10. The van der Waals surface area contributed by atoms with Gasteiger partial charge in [-0.1, -0.05) is 31.2 Å². The van der Waals surface area contributed by atoms with Crippen molar-refractivity contribution in [2.45, 2.75) is 13.3 Å². The molecule has 0 radical (unpaired) electrons. The van der Waals surface area contributed by atoms with Gasteiger partial charge in [0.2, 0.25) is 5.89 Å². The lowest BCUT2D eigenvalue weighted by Crippen LogP contribution is -2.04. The molecule has 0 aliphatic heterocycles. The Kier molecular flexibility index (Phi) is 6.07. The van der Waals surface area contributed by atoms with Crippen LogP contribution in [0.5, 0.6) is 5.75 Å². The van der Waals surface area contributed by atoms with Gasteiger partial charge in [0.1, 0.15) is 11.3 Å². The number of hydrogen-bond acceptors (Lipinski definition) is 6. The smallest absolute Gasteiger partial charge is 0.270 e. The van der Waals surface area contributed by atoms with Crippen LogP contribution in [-0.4, -0.2) is 22.3 Å². The fourth-order valence-electron chi connectivity index (χ4n) is 3.18. The number of aromatic nitrogens is 1. The molecule has 1 aromatic heterocycles. The van der Waals surface area contributed by atoms with Gasteiger partial charge in [-0.15, -0.1) is 0 Å². The number of carbonyl (C=O) groups excluding carboxylic acids is 1. The van der Waals surface area contributed by atoms with Crippen LogP contribution in [0.25, 0.3) is 22.7 Å². The third-order valence-corrected chi connectivity index (χ3v) is 4.75. The first-order chi connectivity index (χ1) is 15.5. The number of oxazole rings is 1. The summed E-state index contributed by atoms with van der Waals surface area (Å²) in [7, 11) is 0. The molecule has 160 valence electrons. The molecule has 3 aromatic carbocycles. The standard InChI is InChI=1S/C25H20N2O5/c1-2-14-31-20-12-10-18(11-13-20)24(28)21(16-17-6-5-7-19(15-17)27(29)30)25-26-22-8-3-4-9-23(22)32-25/h3-13,15-16H,2,14H2,1H3/b21-16+. The third kappa shape index (κ3) is 4.57. The van der Waals surface area contributed by atoms with Crippen molar-refractivity contribution in [3.8, 4) is 5.75 Å². The summed E-state index contributed by atoms with van der Waals surface area (Å²) in [6.07, 6.45) is 2.44. The van der Waals surface area contributed by atoms with Crippen molar-refractivity contribution >= 4 is 34.2 Å². The molecule has 0 N–H and O–H groups in total. The predicted octanol–water partition coefficient (Wildman–Crippen LogP) is 5.95. The summed E-state index contributed by atoms with van der Waals surface area (Å²) in [5.41, 5.74) is 2.21. The molecule has 0 unspecified atom stereocenters. The van der Waals surface area contributed by atoms with Crippen LogP contribution in [0.15, 0.2) is 77.2 Å². The number of fused-ring (bicyclic) bond motifs is 1. The lowest BCUT2D eigenvalue weighted by Gasteiger charge is -2.07. The van der Waals surface area contributed by atoms with E-state index in [0.717, 1.165) is 6.42 Å². The molecule has 0 bridgehead atoms. The van der Waals surface area contributed by atoms with Crippen LogP contribution in [-0.2, 0) is 0 Å². The summed E-state index contributed by atoms with van der Waals surface area (Å²) < 4.78 is 11.4. The van der Waals surface area contributed by atoms with Gasteiger partial charge in [0.05, 0.1) is 17.1 Å². The van der Waals surface area contributed by atoms with Gasteiger partial charge >= 0.3 is 0 Å². The maximum Gasteiger partial charge on any atom is 0.270 e. The molecule has 7 nitrogen and oxygen atoms in total. The maximum atomic E-state index is 13.4. The first-order valence-electron chi connectivity index (χ1n) is 10.1. The summed E-state index contributed by atoms with van der Waals surface area (Å²) in [4.78, 5) is 28.6. The molecule has 32 heavy (non-hydrogen) atoms. The van der Waals surface area contributed by atoms with Crippen molar-refractivity contribution in [1.29, 1.82) is 0 Å². The van der Waals surface area contributed by atoms with Gasteiger partial charge in [-0.3, -0.25) is 14.9 Å². The Morgan fingerprint density at radius 3 is 2.59 bits per heavy atom. The zero-order chi connectivity index (χ0) is 22.5. The minimum atomic E-state index is -0.479. The van der Waals surface area contributed by atoms with Crippen molar-refractivity contribution in [2.75, 3.05) is 6.61 Å². The number of nitro groups is 1. The van der Waals surface area contributed by atoms with E-state index in [1.165, 1.54) is 12.1 Å². The number of nitrogens with zero attached hydrogens (tertiary/aromatic N) is 2. The van der Waals surface area contributed by atoms with E-state index in [4.69, 9.17) is 9.15 Å². The number of non-ortho nitro benzene ring substituents is 1. The van der Waals surface area contributed by atoms with Gasteiger partial charge < -0.3 is 9.15 Å². The number of carbonyl (C=O) groups is 1. The van der Waals surface area contributed by atoms with E-state index in [0.29, 0.717) is 34.6 Å². The Hall–Kier alpha value is -4.26. The summed E-state index contributed by atoms with van der Waals surface area (Å²) in [5.74, 6) is 0.508. The van der Waals surface area contributed by atoms with Crippen molar-refractivity contribution in [3.63, 3.8) is 0 Å². The quantitative estimate of drug-likeness (QED) is 0.149. The molecule has 7 heteroatoms. The molecular weight excluding hydrogens is 408 g/mol. The average molecular weight is 428 g/mol. The largest absolute Gasteiger partial charge is 0.494 e. The van der Waals surface area contributed by atoms with Gasteiger partial charge in [-0.05, 0) is 54.5 Å². The zero-order valence-electron chi connectivity index (χ0n) is 17.4. The van der Waals surface area contributed by atoms with Gasteiger partial charge in [-0.25, -0.2) is 4.98 Å². The van der Waals surface area contributed by atoms with E-state index < -0.39 is 4.92 Å². The molecule has 4 rings (SSSR count). The third-order valence-electron chi connectivity index (χ3n) is 4.75. The van der Waals surface area contributed by atoms with E-state index in [1.54, 1.807) is 54.6 Å². The highest BCUT2D eigenvalue weighted by Gasteiger charge is 2.21. The van der Waals surface area contributed by atoms with Gasteiger partial charge in [-0.2, -0.15) is 0 Å². The number of Topliss-reactive ketones (excluding diaryl/α,β-unsaturated/α-hetero) is 1. The lowest BCUT2D eigenvalue weighted by molar-refractivity contribution is -0.384. The Morgan fingerprint density at radius 2 is 1.88 bits per heavy atom. The molecule has 0 aliphatic rings. The zero-order valence-corrected chi connectivity index (χ0v) is 17.4. The number of para-hydroxylation sites is 2. The Labute approximate surface area is 184 Å². The number of nitro benzene ring substituents is 1. The van der Waals surface area contributed by atoms with Crippen molar-refractivity contribution in [1.82, 2.24) is 4.98 Å². The lowest BCUT2D eigenvalue weighted by atomic mass is 10.0. The average Bonchev–Trinajstić information content (AvgIpc) is 3.25. The molecule has 0 spiro atoms.